The number of rotatable bonds is 0. The van der Waals surface area contributed by atoms with E-state index in [1.54, 1.807) is 5.56 Å². The Morgan fingerprint density at radius 3 is 2.06 bits per heavy atom. The van der Waals surface area contributed by atoms with E-state index in [1.807, 2.05) is 6.20 Å². The van der Waals surface area contributed by atoms with Crippen LogP contribution in [-0.2, 0) is 25.7 Å². The molecule has 0 radical (unpaired) electrons. The smallest absolute Gasteiger partial charge is 0.141 e. The van der Waals surface area contributed by atoms with Crippen LogP contribution in [0, 0.1) is 0 Å². The maximum Gasteiger partial charge on any atom is 0.141 e. The van der Waals surface area contributed by atoms with Crippen molar-refractivity contribution in [3.8, 4) is 22.3 Å². The van der Waals surface area contributed by atoms with Gasteiger partial charge in [0, 0.05) is 19.0 Å². The Kier molecular flexibility index (Phi) is 3.27. The van der Waals surface area contributed by atoms with Crippen molar-refractivity contribution >= 4 is 17.2 Å². The van der Waals surface area contributed by atoms with Crippen molar-refractivity contribution in [3.63, 3.8) is 0 Å². The number of hydrogen-bond donors (Lipinski definition) is 0. The minimum Gasteiger partial charge on any atom is -0.294 e. The van der Waals surface area contributed by atoms with Crippen molar-refractivity contribution in [2.45, 2.75) is 25.7 Å². The molecule has 9 rings (SSSR count). The number of para-hydroxylation sites is 1. The molecule has 0 spiro atoms. The third-order valence-corrected chi connectivity index (χ3v) is 8.65. The van der Waals surface area contributed by atoms with E-state index in [1.165, 1.54) is 72.6 Å². The Balaban J connectivity index is 1.25. The van der Waals surface area contributed by atoms with Crippen LogP contribution < -0.4 is 4.90 Å². The Bertz CT molecular complexity index is 1760. The van der Waals surface area contributed by atoms with Crippen molar-refractivity contribution in [1.82, 2.24) is 4.98 Å². The third kappa shape index (κ3) is 2.23. The summed E-state index contributed by atoms with van der Waals surface area (Å²) >= 11 is 0. The molecule has 2 nitrogen and oxygen atoms in total. The van der Waals surface area contributed by atoms with Gasteiger partial charge in [-0.1, -0.05) is 66.7 Å². The van der Waals surface area contributed by atoms with E-state index in [2.05, 4.69) is 83.8 Å². The van der Waals surface area contributed by atoms with Gasteiger partial charge in [-0.25, -0.2) is 4.98 Å². The molecule has 0 N–H and O–H groups in total. The fourth-order valence-corrected chi connectivity index (χ4v) is 7.17. The largest absolute Gasteiger partial charge is 0.294 e. The highest BCUT2D eigenvalue weighted by Crippen LogP contribution is 2.54. The Morgan fingerprint density at radius 1 is 0.486 bits per heavy atom. The first-order valence-electron chi connectivity index (χ1n) is 12.6. The number of pyridine rings is 1. The molecule has 3 heterocycles. The number of anilines is 3. The third-order valence-electron chi connectivity index (χ3n) is 8.65. The van der Waals surface area contributed by atoms with Crippen molar-refractivity contribution in [2.24, 2.45) is 0 Å². The minimum atomic E-state index is 0.960. The molecule has 1 aromatic heterocycles. The van der Waals surface area contributed by atoms with Crippen LogP contribution in [0.25, 0.3) is 22.3 Å². The molecule has 2 heteroatoms. The first-order valence-corrected chi connectivity index (χ1v) is 12.6. The molecule has 164 valence electrons. The second kappa shape index (κ2) is 6.28. The Hall–Kier alpha value is -4.17. The standard InChI is InChI=1S/C33H22N2/c1-2-9-23-19(5-1)16-27-24(23)10-11-25-26-12-13-31-30(29(26)18-28(25)27)17-21-7-3-6-20-15-22-8-4-14-34-33(22)35(31)32(20)21/h1-14H,15-18H2. The van der Waals surface area contributed by atoms with Crippen LogP contribution >= 0.6 is 0 Å². The van der Waals surface area contributed by atoms with Crippen molar-refractivity contribution in [3.05, 3.63) is 130 Å². The van der Waals surface area contributed by atoms with Crippen LogP contribution in [0.3, 0.4) is 0 Å². The fourth-order valence-electron chi connectivity index (χ4n) is 7.17. The van der Waals surface area contributed by atoms with Crippen LogP contribution in [0.15, 0.2) is 85.1 Å². The second-order valence-electron chi connectivity index (χ2n) is 10.3. The summed E-state index contributed by atoms with van der Waals surface area (Å²) in [5.41, 5.74) is 20.1. The summed E-state index contributed by atoms with van der Waals surface area (Å²) in [6.45, 7) is 0. The topological polar surface area (TPSA) is 16.1 Å². The summed E-state index contributed by atoms with van der Waals surface area (Å²) < 4.78 is 0. The van der Waals surface area contributed by atoms with Gasteiger partial charge < -0.3 is 0 Å². The summed E-state index contributed by atoms with van der Waals surface area (Å²) in [5.74, 6) is 1.10. The summed E-state index contributed by atoms with van der Waals surface area (Å²) in [6, 6.07) is 29.5. The second-order valence-corrected chi connectivity index (χ2v) is 10.3. The van der Waals surface area contributed by atoms with Crippen LogP contribution in [0.4, 0.5) is 17.2 Å². The molecule has 0 atom stereocenters. The summed E-state index contributed by atoms with van der Waals surface area (Å²) in [7, 11) is 0. The summed E-state index contributed by atoms with van der Waals surface area (Å²) in [6.07, 6.45) is 5.98. The quantitative estimate of drug-likeness (QED) is 0.240. The van der Waals surface area contributed by atoms with Crippen LogP contribution in [0.1, 0.15) is 44.5 Å². The van der Waals surface area contributed by atoms with E-state index in [-0.39, 0.29) is 0 Å². The van der Waals surface area contributed by atoms with Crippen molar-refractivity contribution in [2.75, 3.05) is 4.90 Å². The van der Waals surface area contributed by atoms with Gasteiger partial charge in [0.1, 0.15) is 5.82 Å². The zero-order chi connectivity index (χ0) is 22.7. The van der Waals surface area contributed by atoms with Crippen LogP contribution in [0.5, 0.6) is 0 Å². The van der Waals surface area contributed by atoms with Gasteiger partial charge in [-0.3, -0.25) is 4.90 Å². The molecule has 2 aliphatic heterocycles. The highest BCUT2D eigenvalue weighted by atomic mass is 15.2. The highest BCUT2D eigenvalue weighted by Gasteiger charge is 2.36. The molecule has 4 aromatic carbocycles. The molecule has 0 amide bonds. The Morgan fingerprint density at radius 2 is 1.14 bits per heavy atom. The molecule has 0 fully saturated rings. The summed E-state index contributed by atoms with van der Waals surface area (Å²) in [5, 5.41) is 0. The lowest BCUT2D eigenvalue weighted by Crippen LogP contribution is -2.26. The number of benzene rings is 4. The maximum absolute atomic E-state index is 4.87. The minimum absolute atomic E-state index is 0.960. The van der Waals surface area contributed by atoms with Gasteiger partial charge in [-0.15, -0.1) is 0 Å². The molecule has 0 unspecified atom stereocenters. The lowest BCUT2D eigenvalue weighted by molar-refractivity contribution is 0.970. The van der Waals surface area contributed by atoms with Crippen molar-refractivity contribution in [1.29, 1.82) is 0 Å². The molecular formula is C33H22N2. The van der Waals surface area contributed by atoms with Gasteiger partial charge in [-0.2, -0.15) is 0 Å². The summed E-state index contributed by atoms with van der Waals surface area (Å²) in [4.78, 5) is 7.32. The number of fused-ring (bicyclic) bond motifs is 12. The zero-order valence-electron chi connectivity index (χ0n) is 19.3. The van der Waals surface area contributed by atoms with Crippen LogP contribution in [-0.4, -0.2) is 4.98 Å². The van der Waals surface area contributed by atoms with E-state index in [4.69, 9.17) is 4.98 Å². The van der Waals surface area contributed by atoms with Crippen LogP contribution in [0.2, 0.25) is 0 Å². The number of nitrogens with zero attached hydrogens (tertiary/aromatic N) is 2. The highest BCUT2D eigenvalue weighted by molar-refractivity contribution is 5.93. The van der Waals surface area contributed by atoms with E-state index in [9.17, 15) is 0 Å². The lowest BCUT2D eigenvalue weighted by Gasteiger charge is -2.39. The predicted molar refractivity (Wildman–Crippen MR) is 141 cm³/mol. The number of hydrogen-bond acceptors (Lipinski definition) is 2. The Labute approximate surface area is 204 Å². The van der Waals surface area contributed by atoms with Gasteiger partial charge in [0.25, 0.3) is 0 Å². The first-order chi connectivity index (χ1) is 17.3. The van der Waals surface area contributed by atoms with E-state index < -0.39 is 0 Å². The van der Waals surface area contributed by atoms with Gasteiger partial charge in [-0.05, 0) is 91.7 Å². The zero-order valence-corrected chi connectivity index (χ0v) is 19.3. The predicted octanol–water partition coefficient (Wildman–Crippen LogP) is 7.50. The van der Waals surface area contributed by atoms with E-state index in [0.29, 0.717) is 0 Å². The van der Waals surface area contributed by atoms with Gasteiger partial charge >= 0.3 is 0 Å². The fraction of sp³-hybridized carbons (Fsp3) is 0.121. The molecule has 2 aliphatic carbocycles. The normalized spacial score (nSPS) is 14.9. The molecule has 4 aliphatic rings. The molecule has 0 saturated heterocycles. The maximum atomic E-state index is 4.87. The molecular weight excluding hydrogens is 424 g/mol. The SMILES string of the molecule is c1ccc2c(c1)Cc1c-2ccc2c1Cc1c-2ccc2c1Cc1cccc3c1N2c1ncccc1C3. The first kappa shape index (κ1) is 18.2. The molecule has 35 heavy (non-hydrogen) atoms. The molecule has 0 saturated carbocycles. The molecule has 5 aromatic rings. The lowest BCUT2D eigenvalue weighted by atomic mass is 9.85. The van der Waals surface area contributed by atoms with Gasteiger partial charge in [0.05, 0.1) is 11.4 Å². The average Bonchev–Trinajstić information content (AvgIpc) is 3.47. The monoisotopic (exact) mass is 446 g/mol. The van der Waals surface area contributed by atoms with Gasteiger partial charge in [0.15, 0.2) is 0 Å². The average molecular weight is 447 g/mol. The number of aromatic nitrogens is 1. The van der Waals surface area contributed by atoms with E-state index in [0.717, 1.165) is 31.5 Å². The van der Waals surface area contributed by atoms with E-state index >= 15 is 0 Å². The van der Waals surface area contributed by atoms with Crippen molar-refractivity contribution < 1.29 is 0 Å². The van der Waals surface area contributed by atoms with Gasteiger partial charge in [0.2, 0.25) is 0 Å². The molecule has 0 bridgehead atoms.